The van der Waals surface area contributed by atoms with E-state index < -0.39 is 5.25 Å². The maximum atomic E-state index is 12.8. The van der Waals surface area contributed by atoms with E-state index in [1.807, 2.05) is 18.7 Å². The molecule has 0 bridgehead atoms. The van der Waals surface area contributed by atoms with Gasteiger partial charge in [0, 0.05) is 48.9 Å². The minimum atomic E-state index is -0.545. The molecule has 35 heavy (non-hydrogen) atoms. The van der Waals surface area contributed by atoms with Crippen LogP contribution in [0.4, 0.5) is 11.4 Å². The third-order valence-electron chi connectivity index (χ3n) is 5.55. The van der Waals surface area contributed by atoms with Crippen molar-refractivity contribution in [3.8, 4) is 11.5 Å². The number of carbonyl (C=O) groups is 3. The Hall–Kier alpha value is -3.53. The number of aliphatic imine (C=N–C) groups is 1. The normalized spacial score (nSPS) is 16.8. The molecule has 0 spiro atoms. The molecule has 0 aliphatic carbocycles. The summed E-state index contributed by atoms with van der Waals surface area (Å²) in [4.78, 5) is 43.7. The van der Waals surface area contributed by atoms with Crippen molar-refractivity contribution in [1.29, 1.82) is 0 Å². The monoisotopic (exact) mass is 496 g/mol. The Balaban J connectivity index is 1.35. The van der Waals surface area contributed by atoms with Crippen molar-refractivity contribution >= 4 is 46.0 Å². The number of amidine groups is 1. The van der Waals surface area contributed by atoms with Crippen LogP contribution in [-0.4, -0.2) is 59.3 Å². The number of thioether (sulfide) groups is 1. The van der Waals surface area contributed by atoms with Gasteiger partial charge in [0.25, 0.3) is 11.8 Å². The molecule has 2 heterocycles. The SMILES string of the molecule is CCN(CC)C1=NC(=O)[C@@H](CC(=O)Nc2cccc(C(=O)Nc3ccc4c(c3)OCCCO4)c2)S1. The van der Waals surface area contributed by atoms with Gasteiger partial charge >= 0.3 is 0 Å². The van der Waals surface area contributed by atoms with Crippen molar-refractivity contribution in [3.05, 3.63) is 48.0 Å². The Morgan fingerprint density at radius 1 is 1.03 bits per heavy atom. The first-order chi connectivity index (χ1) is 17.0. The molecule has 0 unspecified atom stereocenters. The van der Waals surface area contributed by atoms with Crippen LogP contribution in [0, 0.1) is 0 Å². The van der Waals surface area contributed by atoms with Gasteiger partial charge in [-0.3, -0.25) is 14.4 Å². The van der Waals surface area contributed by atoms with Crippen molar-refractivity contribution in [3.63, 3.8) is 0 Å². The van der Waals surface area contributed by atoms with Gasteiger partial charge in [0.2, 0.25) is 5.91 Å². The summed E-state index contributed by atoms with van der Waals surface area (Å²) in [6, 6.07) is 11.9. The van der Waals surface area contributed by atoms with Gasteiger partial charge in [-0.05, 0) is 44.2 Å². The molecule has 2 N–H and O–H groups in total. The number of ether oxygens (including phenoxy) is 2. The first-order valence-corrected chi connectivity index (χ1v) is 12.5. The van der Waals surface area contributed by atoms with Gasteiger partial charge in [-0.2, -0.15) is 4.99 Å². The van der Waals surface area contributed by atoms with E-state index in [9.17, 15) is 14.4 Å². The van der Waals surface area contributed by atoms with E-state index in [1.165, 1.54) is 11.8 Å². The predicted molar refractivity (Wildman–Crippen MR) is 136 cm³/mol. The van der Waals surface area contributed by atoms with E-state index >= 15 is 0 Å². The second kappa shape index (κ2) is 11.3. The van der Waals surface area contributed by atoms with E-state index in [1.54, 1.807) is 42.5 Å². The number of fused-ring (bicyclic) bond motifs is 1. The van der Waals surface area contributed by atoms with Crippen LogP contribution in [0.5, 0.6) is 11.5 Å². The molecule has 184 valence electrons. The number of rotatable bonds is 7. The Morgan fingerprint density at radius 3 is 2.54 bits per heavy atom. The zero-order chi connectivity index (χ0) is 24.8. The summed E-state index contributed by atoms with van der Waals surface area (Å²) in [5, 5.41) is 5.74. The highest BCUT2D eigenvalue weighted by atomic mass is 32.2. The highest BCUT2D eigenvalue weighted by molar-refractivity contribution is 8.15. The largest absolute Gasteiger partial charge is 0.490 e. The number of hydrogen-bond acceptors (Lipinski definition) is 7. The average molecular weight is 497 g/mol. The highest BCUT2D eigenvalue weighted by Gasteiger charge is 2.32. The van der Waals surface area contributed by atoms with E-state index in [4.69, 9.17) is 9.47 Å². The topological polar surface area (TPSA) is 109 Å². The first kappa shape index (κ1) is 24.6. The maximum Gasteiger partial charge on any atom is 0.262 e. The van der Waals surface area contributed by atoms with Crippen molar-refractivity contribution in [1.82, 2.24) is 4.90 Å². The minimum absolute atomic E-state index is 0.00535. The summed E-state index contributed by atoms with van der Waals surface area (Å²) in [6.45, 7) is 6.63. The summed E-state index contributed by atoms with van der Waals surface area (Å²) >= 11 is 1.32. The van der Waals surface area contributed by atoms with Crippen molar-refractivity contribution in [2.24, 2.45) is 4.99 Å². The molecule has 0 saturated heterocycles. The fraction of sp³-hybridized carbons (Fsp3) is 0.360. The van der Waals surface area contributed by atoms with Crippen LogP contribution >= 0.6 is 11.8 Å². The molecular weight excluding hydrogens is 468 g/mol. The van der Waals surface area contributed by atoms with Gasteiger partial charge in [-0.25, -0.2) is 0 Å². The fourth-order valence-corrected chi connectivity index (χ4v) is 4.89. The molecule has 2 aliphatic rings. The van der Waals surface area contributed by atoms with Gasteiger partial charge in [0.15, 0.2) is 16.7 Å². The van der Waals surface area contributed by atoms with Crippen LogP contribution in [0.25, 0.3) is 0 Å². The smallest absolute Gasteiger partial charge is 0.262 e. The molecule has 0 radical (unpaired) electrons. The molecular formula is C25H28N4O5S. The number of amides is 3. The van der Waals surface area contributed by atoms with E-state index in [0.29, 0.717) is 46.8 Å². The van der Waals surface area contributed by atoms with Gasteiger partial charge in [-0.1, -0.05) is 17.8 Å². The Bertz CT molecular complexity index is 1150. The van der Waals surface area contributed by atoms with Crippen molar-refractivity contribution in [2.45, 2.75) is 31.9 Å². The lowest BCUT2D eigenvalue weighted by atomic mass is 10.1. The van der Waals surface area contributed by atoms with Gasteiger partial charge < -0.3 is 25.0 Å². The second-order valence-electron chi connectivity index (χ2n) is 8.01. The van der Waals surface area contributed by atoms with Crippen LogP contribution in [0.15, 0.2) is 47.5 Å². The molecule has 0 fully saturated rings. The number of anilines is 2. The highest BCUT2D eigenvalue weighted by Crippen LogP contribution is 2.32. The van der Waals surface area contributed by atoms with E-state index in [-0.39, 0.29) is 24.1 Å². The predicted octanol–water partition coefficient (Wildman–Crippen LogP) is 3.77. The van der Waals surface area contributed by atoms with Crippen LogP contribution in [0.1, 0.15) is 37.0 Å². The molecule has 1 atom stereocenters. The van der Waals surface area contributed by atoms with Crippen LogP contribution in [-0.2, 0) is 9.59 Å². The molecule has 2 aromatic carbocycles. The molecule has 4 rings (SSSR count). The second-order valence-corrected chi connectivity index (χ2v) is 9.18. The molecule has 2 aliphatic heterocycles. The summed E-state index contributed by atoms with van der Waals surface area (Å²) in [7, 11) is 0. The number of nitrogens with zero attached hydrogens (tertiary/aromatic N) is 2. The van der Waals surface area contributed by atoms with Gasteiger partial charge in [0.05, 0.1) is 13.2 Å². The number of nitrogens with one attached hydrogen (secondary N) is 2. The summed E-state index contributed by atoms with van der Waals surface area (Å²) in [5.74, 6) is 0.310. The van der Waals surface area contributed by atoms with Crippen LogP contribution in [0.2, 0.25) is 0 Å². The maximum absolute atomic E-state index is 12.8. The molecule has 10 heteroatoms. The molecule has 0 aromatic heterocycles. The summed E-state index contributed by atoms with van der Waals surface area (Å²) in [6.07, 6.45) is 0.804. The Kier molecular flexibility index (Phi) is 7.91. The third kappa shape index (κ3) is 6.13. The van der Waals surface area contributed by atoms with Gasteiger partial charge in [0.1, 0.15) is 5.25 Å². The lowest BCUT2D eigenvalue weighted by Gasteiger charge is -2.19. The molecule has 2 aromatic rings. The number of hydrogen-bond donors (Lipinski definition) is 2. The third-order valence-corrected chi connectivity index (χ3v) is 6.76. The Morgan fingerprint density at radius 2 is 1.77 bits per heavy atom. The van der Waals surface area contributed by atoms with Crippen molar-refractivity contribution < 1.29 is 23.9 Å². The number of benzene rings is 2. The zero-order valence-corrected chi connectivity index (χ0v) is 20.5. The average Bonchev–Trinajstić information content (AvgIpc) is 3.04. The first-order valence-electron chi connectivity index (χ1n) is 11.6. The minimum Gasteiger partial charge on any atom is -0.490 e. The number of carbonyl (C=O) groups excluding carboxylic acids is 3. The zero-order valence-electron chi connectivity index (χ0n) is 19.7. The van der Waals surface area contributed by atoms with E-state index in [0.717, 1.165) is 19.5 Å². The van der Waals surface area contributed by atoms with Crippen molar-refractivity contribution in [2.75, 3.05) is 36.9 Å². The van der Waals surface area contributed by atoms with E-state index in [2.05, 4.69) is 15.6 Å². The van der Waals surface area contributed by atoms with Gasteiger partial charge in [-0.15, -0.1) is 0 Å². The van der Waals surface area contributed by atoms with Crippen LogP contribution < -0.4 is 20.1 Å². The molecule has 3 amide bonds. The van der Waals surface area contributed by atoms with Crippen LogP contribution in [0.3, 0.4) is 0 Å². The quantitative estimate of drug-likeness (QED) is 0.601. The molecule has 0 saturated carbocycles. The fourth-order valence-electron chi connectivity index (χ4n) is 3.70. The summed E-state index contributed by atoms with van der Waals surface area (Å²) in [5.41, 5.74) is 1.43. The summed E-state index contributed by atoms with van der Waals surface area (Å²) < 4.78 is 11.3. The lowest BCUT2D eigenvalue weighted by molar-refractivity contribution is -0.121. The standard InChI is InChI=1S/C25H28N4O5S/c1-3-29(4-2)25-28-24(32)21(35-25)15-22(30)26-17-8-5-7-16(13-17)23(31)27-18-9-10-19-20(14-18)34-12-6-11-33-19/h5,7-10,13-14,21H,3-4,6,11-12,15H2,1-2H3,(H,26,30)(H,27,31)/t21-/m1/s1. The Labute approximate surface area is 208 Å². The lowest BCUT2D eigenvalue weighted by Crippen LogP contribution is -2.27. The molecule has 9 nitrogen and oxygen atoms in total.